The molecule has 1 N–H and O–H groups in total. The Morgan fingerprint density at radius 2 is 2.00 bits per heavy atom. The minimum absolute atomic E-state index is 0.163. The van der Waals surface area contributed by atoms with Gasteiger partial charge in [0, 0.05) is 5.56 Å². The molecular formula is C17H12N2O5. The first-order valence-corrected chi connectivity index (χ1v) is 7.18. The Hall–Kier alpha value is -3.35. The lowest BCUT2D eigenvalue weighted by Gasteiger charge is -2.05. The third kappa shape index (κ3) is 2.26. The van der Waals surface area contributed by atoms with E-state index in [9.17, 15) is 9.59 Å². The van der Waals surface area contributed by atoms with Gasteiger partial charge in [-0.25, -0.2) is 9.78 Å². The summed E-state index contributed by atoms with van der Waals surface area (Å²) in [5, 5.41) is 0. The summed E-state index contributed by atoms with van der Waals surface area (Å²) in [6.45, 7) is 0.163. The van der Waals surface area contributed by atoms with Crippen molar-refractivity contribution in [1.82, 2.24) is 9.97 Å². The molecule has 24 heavy (non-hydrogen) atoms. The van der Waals surface area contributed by atoms with Crippen LogP contribution in [0, 0.1) is 0 Å². The highest BCUT2D eigenvalue weighted by molar-refractivity contribution is 5.93. The number of aromatic nitrogens is 2. The van der Waals surface area contributed by atoms with Crippen LogP contribution in [-0.2, 0) is 4.74 Å². The number of carbonyl (C=O) groups excluding carboxylic acids is 1. The van der Waals surface area contributed by atoms with Gasteiger partial charge < -0.3 is 19.2 Å². The second-order valence-corrected chi connectivity index (χ2v) is 5.21. The largest absolute Gasteiger partial charge is 0.465 e. The molecule has 0 aliphatic carbocycles. The van der Waals surface area contributed by atoms with Gasteiger partial charge in [0.25, 0.3) is 5.56 Å². The van der Waals surface area contributed by atoms with E-state index in [0.717, 1.165) is 0 Å². The van der Waals surface area contributed by atoms with Crippen LogP contribution in [-0.4, -0.2) is 29.8 Å². The van der Waals surface area contributed by atoms with Crippen molar-refractivity contribution in [3.63, 3.8) is 0 Å². The van der Waals surface area contributed by atoms with E-state index in [0.29, 0.717) is 33.7 Å². The van der Waals surface area contributed by atoms with Crippen molar-refractivity contribution in [1.29, 1.82) is 0 Å². The first-order valence-electron chi connectivity index (χ1n) is 7.18. The average molecular weight is 324 g/mol. The summed E-state index contributed by atoms with van der Waals surface area (Å²) >= 11 is 0. The van der Waals surface area contributed by atoms with Crippen molar-refractivity contribution in [3.8, 4) is 22.8 Å². The molecule has 1 aromatic heterocycles. The average Bonchev–Trinajstić information content (AvgIpc) is 3.07. The van der Waals surface area contributed by atoms with Gasteiger partial charge in [-0.1, -0.05) is 0 Å². The molecule has 2 heterocycles. The molecule has 7 heteroatoms. The van der Waals surface area contributed by atoms with E-state index in [2.05, 4.69) is 14.7 Å². The van der Waals surface area contributed by atoms with Crippen molar-refractivity contribution < 1.29 is 19.0 Å². The molecule has 0 saturated heterocycles. The van der Waals surface area contributed by atoms with Crippen LogP contribution in [0.1, 0.15) is 10.4 Å². The minimum Gasteiger partial charge on any atom is -0.465 e. The van der Waals surface area contributed by atoms with Gasteiger partial charge in [-0.05, 0) is 36.4 Å². The standard InChI is InChI=1S/C17H12N2O5/c1-22-17(21)10-2-4-11-12(6-10)19-16(20)15(18-11)9-3-5-13-14(7-9)24-8-23-13/h2-7H,8H2,1H3,(H,19,20). The second kappa shape index (κ2) is 5.38. The second-order valence-electron chi connectivity index (χ2n) is 5.21. The Labute approximate surface area is 135 Å². The number of methoxy groups -OCH3 is 1. The van der Waals surface area contributed by atoms with E-state index in [1.807, 2.05) is 0 Å². The molecule has 1 aliphatic rings. The van der Waals surface area contributed by atoms with Crippen molar-refractivity contribution in [2.24, 2.45) is 0 Å². The van der Waals surface area contributed by atoms with Crippen molar-refractivity contribution >= 4 is 17.0 Å². The molecule has 0 amide bonds. The van der Waals surface area contributed by atoms with Gasteiger partial charge in [0.05, 0.1) is 23.7 Å². The van der Waals surface area contributed by atoms with Crippen LogP contribution in [0.2, 0.25) is 0 Å². The smallest absolute Gasteiger partial charge is 0.337 e. The fourth-order valence-corrected chi connectivity index (χ4v) is 2.57. The lowest BCUT2D eigenvalue weighted by Crippen LogP contribution is -2.12. The number of nitrogens with one attached hydrogen (secondary N) is 1. The zero-order chi connectivity index (χ0) is 16.7. The number of hydrogen-bond acceptors (Lipinski definition) is 6. The predicted molar refractivity (Wildman–Crippen MR) is 85.3 cm³/mol. The Balaban J connectivity index is 1.84. The first-order chi connectivity index (χ1) is 11.7. The molecule has 7 nitrogen and oxygen atoms in total. The molecule has 3 aromatic rings. The molecular weight excluding hydrogens is 312 g/mol. The Bertz CT molecular complexity index is 1030. The van der Waals surface area contributed by atoms with E-state index in [4.69, 9.17) is 9.47 Å². The Morgan fingerprint density at radius 1 is 1.17 bits per heavy atom. The van der Waals surface area contributed by atoms with Crippen molar-refractivity contribution in [2.45, 2.75) is 0 Å². The van der Waals surface area contributed by atoms with E-state index in [1.54, 1.807) is 36.4 Å². The van der Waals surface area contributed by atoms with Gasteiger partial charge in [-0.15, -0.1) is 0 Å². The fourth-order valence-electron chi connectivity index (χ4n) is 2.57. The minimum atomic E-state index is -0.474. The van der Waals surface area contributed by atoms with Gasteiger partial charge in [0.1, 0.15) is 5.69 Å². The highest BCUT2D eigenvalue weighted by Gasteiger charge is 2.16. The number of nitrogens with zero attached hydrogens (tertiary/aromatic N) is 1. The molecule has 0 saturated carbocycles. The number of H-pyrrole nitrogens is 1. The summed E-state index contributed by atoms with van der Waals surface area (Å²) in [5.41, 5.74) is 1.91. The molecule has 0 radical (unpaired) electrons. The van der Waals surface area contributed by atoms with Crippen molar-refractivity contribution in [3.05, 3.63) is 52.3 Å². The highest BCUT2D eigenvalue weighted by atomic mass is 16.7. The number of hydrogen-bond donors (Lipinski definition) is 1. The summed E-state index contributed by atoms with van der Waals surface area (Å²) < 4.78 is 15.3. The summed E-state index contributed by atoms with van der Waals surface area (Å²) in [6.07, 6.45) is 0. The number of benzene rings is 2. The normalized spacial score (nSPS) is 12.4. The summed E-state index contributed by atoms with van der Waals surface area (Å²) in [4.78, 5) is 31.1. The van der Waals surface area contributed by atoms with Crippen LogP contribution in [0.25, 0.3) is 22.3 Å². The molecule has 0 atom stereocenters. The Kier molecular flexibility index (Phi) is 3.19. The van der Waals surface area contributed by atoms with Gasteiger partial charge in [0.15, 0.2) is 11.5 Å². The number of aromatic amines is 1. The topological polar surface area (TPSA) is 90.5 Å². The van der Waals surface area contributed by atoms with Crippen LogP contribution < -0.4 is 15.0 Å². The van der Waals surface area contributed by atoms with E-state index >= 15 is 0 Å². The van der Waals surface area contributed by atoms with Gasteiger partial charge >= 0.3 is 5.97 Å². The molecule has 1 aliphatic heterocycles. The molecule has 0 bridgehead atoms. The van der Waals surface area contributed by atoms with Crippen LogP contribution >= 0.6 is 0 Å². The number of carbonyl (C=O) groups is 1. The fraction of sp³-hybridized carbons (Fsp3) is 0.118. The van der Waals surface area contributed by atoms with Crippen LogP contribution in [0.3, 0.4) is 0 Å². The zero-order valence-corrected chi connectivity index (χ0v) is 12.7. The van der Waals surface area contributed by atoms with Crippen LogP contribution in [0.5, 0.6) is 11.5 Å². The van der Waals surface area contributed by atoms with E-state index in [1.165, 1.54) is 7.11 Å². The van der Waals surface area contributed by atoms with Gasteiger partial charge in [-0.2, -0.15) is 0 Å². The molecule has 2 aromatic carbocycles. The van der Waals surface area contributed by atoms with E-state index < -0.39 is 5.97 Å². The molecule has 4 rings (SSSR count). The highest BCUT2D eigenvalue weighted by Crippen LogP contribution is 2.34. The maximum absolute atomic E-state index is 12.4. The first kappa shape index (κ1) is 14.3. The predicted octanol–water partition coefficient (Wildman–Crippen LogP) is 2.11. The quantitative estimate of drug-likeness (QED) is 0.726. The van der Waals surface area contributed by atoms with Gasteiger partial charge in [0.2, 0.25) is 6.79 Å². The third-order valence-electron chi connectivity index (χ3n) is 3.76. The number of esters is 1. The van der Waals surface area contributed by atoms with E-state index in [-0.39, 0.29) is 18.0 Å². The number of rotatable bonds is 2. The van der Waals surface area contributed by atoms with Gasteiger partial charge in [-0.3, -0.25) is 4.79 Å². The maximum atomic E-state index is 12.4. The molecule has 120 valence electrons. The van der Waals surface area contributed by atoms with Crippen molar-refractivity contribution in [2.75, 3.05) is 13.9 Å². The number of ether oxygens (including phenoxy) is 3. The molecule has 0 spiro atoms. The SMILES string of the molecule is COC(=O)c1ccc2nc(-c3ccc4c(c3)OCO4)c(=O)[nH]c2c1. The van der Waals surface area contributed by atoms with Crippen LogP contribution in [0.4, 0.5) is 0 Å². The zero-order valence-electron chi connectivity index (χ0n) is 12.7. The number of fused-ring (bicyclic) bond motifs is 2. The monoisotopic (exact) mass is 324 g/mol. The molecule has 0 unspecified atom stereocenters. The maximum Gasteiger partial charge on any atom is 0.337 e. The summed E-state index contributed by atoms with van der Waals surface area (Å²) in [5.74, 6) is 0.742. The van der Waals surface area contributed by atoms with Crippen LogP contribution in [0.15, 0.2) is 41.2 Å². The Morgan fingerprint density at radius 3 is 2.83 bits per heavy atom. The lowest BCUT2D eigenvalue weighted by molar-refractivity contribution is 0.0601. The molecule has 0 fully saturated rings. The lowest BCUT2D eigenvalue weighted by atomic mass is 10.1. The summed E-state index contributed by atoms with van der Waals surface area (Å²) in [7, 11) is 1.30. The third-order valence-corrected chi connectivity index (χ3v) is 3.76. The summed E-state index contributed by atoms with van der Waals surface area (Å²) in [6, 6.07) is 10.0.